The lowest BCUT2D eigenvalue weighted by Gasteiger charge is -2.37. The van der Waals surface area contributed by atoms with Crippen molar-refractivity contribution in [2.24, 2.45) is 0 Å². The number of aliphatic carboxylic acids is 2. The molecule has 2 N–H and O–H groups in total. The Morgan fingerprint density at radius 1 is 0.879 bits per heavy atom. The molecule has 4 rings (SSSR count). The first-order chi connectivity index (χ1) is 15.8. The summed E-state index contributed by atoms with van der Waals surface area (Å²) in [5.74, 6) is -2.66. The van der Waals surface area contributed by atoms with E-state index in [9.17, 15) is 0 Å². The standard InChI is InChI=1S/C24H28N2O.C2H2O4/c1-18-7-6-10-23(19(18)2)26-15-13-25(14-16-26)17-22-21-9-5-4-8-20(21)11-12-24(22)27-3;3-1(4)2(5)6/h4-12H,13-17H2,1-3H3;(H,3,4)(H,5,6). The number of hydrogen-bond donors (Lipinski definition) is 2. The van der Waals surface area contributed by atoms with Crippen LogP contribution in [0.2, 0.25) is 0 Å². The van der Waals surface area contributed by atoms with E-state index in [1.807, 2.05) is 0 Å². The van der Waals surface area contributed by atoms with Gasteiger partial charge in [0.2, 0.25) is 0 Å². The second kappa shape index (κ2) is 10.8. The van der Waals surface area contributed by atoms with Gasteiger partial charge in [0.1, 0.15) is 5.75 Å². The zero-order valence-corrected chi connectivity index (χ0v) is 19.2. The van der Waals surface area contributed by atoms with Crippen molar-refractivity contribution in [3.8, 4) is 5.75 Å². The molecule has 0 atom stereocenters. The van der Waals surface area contributed by atoms with E-state index in [4.69, 9.17) is 24.5 Å². The van der Waals surface area contributed by atoms with Crippen LogP contribution in [0.1, 0.15) is 16.7 Å². The molecule has 0 radical (unpaired) electrons. The van der Waals surface area contributed by atoms with E-state index in [1.54, 1.807) is 7.11 Å². The van der Waals surface area contributed by atoms with Crippen LogP contribution in [-0.4, -0.2) is 60.3 Å². The summed E-state index contributed by atoms with van der Waals surface area (Å²) in [7, 11) is 1.77. The fraction of sp³-hybridized carbons (Fsp3) is 0.308. The van der Waals surface area contributed by atoms with Gasteiger partial charge in [-0.05, 0) is 47.9 Å². The van der Waals surface area contributed by atoms with Gasteiger partial charge in [0.15, 0.2) is 0 Å². The summed E-state index contributed by atoms with van der Waals surface area (Å²) in [5.41, 5.74) is 5.46. The minimum absolute atomic E-state index is 0.936. The maximum atomic E-state index is 9.10. The van der Waals surface area contributed by atoms with Crippen LogP contribution < -0.4 is 9.64 Å². The maximum Gasteiger partial charge on any atom is 0.414 e. The summed E-state index contributed by atoms with van der Waals surface area (Å²) >= 11 is 0. The molecule has 1 aliphatic rings. The van der Waals surface area contributed by atoms with Gasteiger partial charge in [-0.2, -0.15) is 0 Å². The van der Waals surface area contributed by atoms with Crippen LogP contribution in [0.3, 0.4) is 0 Å². The lowest BCUT2D eigenvalue weighted by atomic mass is 10.0. The van der Waals surface area contributed by atoms with E-state index in [2.05, 4.69) is 78.2 Å². The van der Waals surface area contributed by atoms with Gasteiger partial charge in [0.25, 0.3) is 0 Å². The predicted octanol–water partition coefficient (Wildman–Crippen LogP) is 3.94. The minimum atomic E-state index is -1.82. The van der Waals surface area contributed by atoms with Gasteiger partial charge < -0.3 is 19.8 Å². The molecule has 0 unspecified atom stereocenters. The van der Waals surface area contributed by atoms with Crippen LogP contribution in [-0.2, 0) is 16.1 Å². The number of carboxylic acids is 2. The summed E-state index contributed by atoms with van der Waals surface area (Å²) in [5, 5.41) is 17.4. The Morgan fingerprint density at radius 3 is 2.18 bits per heavy atom. The number of carboxylic acid groups (broad SMARTS) is 2. The SMILES string of the molecule is COc1ccc2ccccc2c1CN1CCN(c2cccc(C)c2C)CC1.O=C(O)C(=O)O. The Kier molecular flexibility index (Phi) is 7.90. The van der Waals surface area contributed by atoms with E-state index in [0.717, 1.165) is 38.5 Å². The molecule has 33 heavy (non-hydrogen) atoms. The van der Waals surface area contributed by atoms with Crippen molar-refractivity contribution in [3.63, 3.8) is 0 Å². The number of benzene rings is 3. The fourth-order valence-corrected chi connectivity index (χ4v) is 4.12. The normalized spacial score (nSPS) is 13.8. The lowest BCUT2D eigenvalue weighted by molar-refractivity contribution is -0.159. The molecule has 1 heterocycles. The van der Waals surface area contributed by atoms with Crippen LogP contribution in [0.15, 0.2) is 54.6 Å². The van der Waals surface area contributed by atoms with E-state index in [1.165, 1.54) is 33.2 Å². The highest BCUT2D eigenvalue weighted by molar-refractivity contribution is 6.27. The van der Waals surface area contributed by atoms with Gasteiger partial charge in [-0.3, -0.25) is 4.90 Å². The highest BCUT2D eigenvalue weighted by Crippen LogP contribution is 2.30. The fourth-order valence-electron chi connectivity index (χ4n) is 4.12. The number of ether oxygens (including phenoxy) is 1. The number of piperazine rings is 1. The van der Waals surface area contributed by atoms with Gasteiger partial charge in [-0.25, -0.2) is 9.59 Å². The zero-order valence-electron chi connectivity index (χ0n) is 19.2. The van der Waals surface area contributed by atoms with Crippen molar-refractivity contribution in [3.05, 3.63) is 71.3 Å². The van der Waals surface area contributed by atoms with Crippen LogP contribution in [0.4, 0.5) is 5.69 Å². The van der Waals surface area contributed by atoms with Crippen LogP contribution in [0.25, 0.3) is 10.8 Å². The number of carbonyl (C=O) groups is 2. The zero-order chi connectivity index (χ0) is 24.0. The predicted molar refractivity (Wildman–Crippen MR) is 129 cm³/mol. The minimum Gasteiger partial charge on any atom is -0.496 e. The molecule has 0 amide bonds. The van der Waals surface area contributed by atoms with Gasteiger partial charge >= 0.3 is 11.9 Å². The monoisotopic (exact) mass is 450 g/mol. The topological polar surface area (TPSA) is 90.3 Å². The Bertz CT molecular complexity index is 1120. The first-order valence-corrected chi connectivity index (χ1v) is 10.9. The highest BCUT2D eigenvalue weighted by atomic mass is 16.5. The van der Waals surface area contributed by atoms with E-state index < -0.39 is 11.9 Å². The Hall–Kier alpha value is -3.58. The molecule has 0 spiro atoms. The summed E-state index contributed by atoms with van der Waals surface area (Å²) < 4.78 is 5.68. The van der Waals surface area contributed by atoms with Gasteiger partial charge in [-0.15, -0.1) is 0 Å². The Morgan fingerprint density at radius 2 is 1.55 bits per heavy atom. The quantitative estimate of drug-likeness (QED) is 0.582. The van der Waals surface area contributed by atoms with Gasteiger partial charge in [0, 0.05) is 44.0 Å². The molecule has 174 valence electrons. The molecular formula is C26H30N2O5. The molecule has 0 aromatic heterocycles. The van der Waals surface area contributed by atoms with E-state index >= 15 is 0 Å². The van der Waals surface area contributed by atoms with Gasteiger partial charge in [-0.1, -0.05) is 42.5 Å². The Balaban J connectivity index is 0.000000454. The highest BCUT2D eigenvalue weighted by Gasteiger charge is 2.20. The van der Waals surface area contributed by atoms with Crippen LogP contribution in [0.5, 0.6) is 5.75 Å². The van der Waals surface area contributed by atoms with Crippen LogP contribution in [0, 0.1) is 13.8 Å². The molecule has 3 aromatic carbocycles. The van der Waals surface area contributed by atoms with Crippen molar-refractivity contribution in [2.45, 2.75) is 20.4 Å². The van der Waals surface area contributed by atoms with Crippen molar-refractivity contribution in [1.29, 1.82) is 0 Å². The van der Waals surface area contributed by atoms with Crippen molar-refractivity contribution < 1.29 is 24.5 Å². The molecular weight excluding hydrogens is 420 g/mol. The number of rotatable bonds is 4. The molecule has 7 nitrogen and oxygen atoms in total. The third kappa shape index (κ3) is 5.81. The largest absolute Gasteiger partial charge is 0.496 e. The summed E-state index contributed by atoms with van der Waals surface area (Å²) in [6.45, 7) is 9.64. The third-order valence-electron chi connectivity index (χ3n) is 6.07. The number of fused-ring (bicyclic) bond motifs is 1. The first kappa shape index (κ1) is 24.1. The van der Waals surface area contributed by atoms with Crippen molar-refractivity contribution in [1.82, 2.24) is 4.90 Å². The summed E-state index contributed by atoms with van der Waals surface area (Å²) in [6.07, 6.45) is 0. The number of aryl methyl sites for hydroxylation is 1. The third-order valence-corrected chi connectivity index (χ3v) is 6.07. The number of hydrogen-bond acceptors (Lipinski definition) is 5. The average Bonchev–Trinajstić information content (AvgIpc) is 2.82. The molecule has 1 fully saturated rings. The molecule has 7 heteroatoms. The van der Waals surface area contributed by atoms with Crippen molar-refractivity contribution in [2.75, 3.05) is 38.2 Å². The molecule has 3 aromatic rings. The van der Waals surface area contributed by atoms with E-state index in [0.29, 0.717) is 0 Å². The lowest BCUT2D eigenvalue weighted by Crippen LogP contribution is -2.46. The second-order valence-electron chi connectivity index (χ2n) is 8.06. The summed E-state index contributed by atoms with van der Waals surface area (Å²) in [6, 6.07) is 19.5. The number of nitrogens with zero attached hydrogens (tertiary/aromatic N) is 2. The molecule has 0 saturated carbocycles. The number of anilines is 1. The van der Waals surface area contributed by atoms with Gasteiger partial charge in [0.05, 0.1) is 7.11 Å². The Labute approximate surface area is 193 Å². The first-order valence-electron chi connectivity index (χ1n) is 10.9. The molecule has 1 saturated heterocycles. The van der Waals surface area contributed by atoms with Crippen molar-refractivity contribution >= 4 is 28.4 Å². The molecule has 0 bridgehead atoms. The van der Waals surface area contributed by atoms with Crippen LogP contribution >= 0.6 is 0 Å². The molecule has 0 aliphatic carbocycles. The molecule has 1 aliphatic heterocycles. The average molecular weight is 451 g/mol. The summed E-state index contributed by atoms with van der Waals surface area (Å²) in [4.78, 5) is 23.3. The maximum absolute atomic E-state index is 9.10. The number of methoxy groups -OCH3 is 1. The smallest absolute Gasteiger partial charge is 0.414 e. The second-order valence-corrected chi connectivity index (χ2v) is 8.06. The van der Waals surface area contributed by atoms with E-state index in [-0.39, 0.29) is 0 Å².